The number of ether oxygens (including phenoxy) is 1. The Morgan fingerprint density at radius 1 is 1.35 bits per heavy atom. The van der Waals surface area contributed by atoms with E-state index >= 15 is 0 Å². The molecule has 1 rings (SSSR count). The zero-order valence-electron chi connectivity index (χ0n) is 14.7. The summed E-state index contributed by atoms with van der Waals surface area (Å²) in [5.41, 5.74) is 4.55. The van der Waals surface area contributed by atoms with Crippen LogP contribution in [0.2, 0.25) is 0 Å². The van der Waals surface area contributed by atoms with E-state index in [0.717, 1.165) is 22.6 Å². The molecule has 124 valence electrons. The lowest BCUT2D eigenvalue weighted by Gasteiger charge is -2.12. The first-order valence-corrected chi connectivity index (χ1v) is 7.89. The van der Waals surface area contributed by atoms with Crippen molar-refractivity contribution in [2.45, 2.75) is 34.3 Å². The molecule has 0 amide bonds. The van der Waals surface area contributed by atoms with Crippen molar-refractivity contribution in [3.05, 3.63) is 52.9 Å². The molecule has 0 aliphatic carbocycles. The third-order valence-electron chi connectivity index (χ3n) is 3.21. The summed E-state index contributed by atoms with van der Waals surface area (Å²) < 4.78 is 5.68. The Kier molecular flexibility index (Phi) is 7.93. The van der Waals surface area contributed by atoms with Crippen LogP contribution in [0, 0.1) is 17.2 Å². The first-order valence-electron chi connectivity index (χ1n) is 7.89. The molecule has 0 saturated heterocycles. The van der Waals surface area contributed by atoms with Gasteiger partial charge in [0.05, 0.1) is 18.2 Å². The van der Waals surface area contributed by atoms with Crippen LogP contribution in [-0.4, -0.2) is 13.7 Å². The summed E-state index contributed by atoms with van der Waals surface area (Å²) in [7, 11) is 1.89. The molecule has 0 spiro atoms. The van der Waals surface area contributed by atoms with E-state index < -0.39 is 0 Å². The van der Waals surface area contributed by atoms with Crippen molar-refractivity contribution in [3.8, 4) is 6.07 Å². The molecule has 4 nitrogen and oxygen atoms in total. The maximum Gasteiger partial charge on any atom is 0.0992 e. The normalized spacial score (nSPS) is 12.2. The SMILES string of the molecule is C/C=C(\C=C(/C)NC)Nc1cc(C#N)cc(COCC(C)C)c1. The summed E-state index contributed by atoms with van der Waals surface area (Å²) in [4.78, 5) is 0. The highest BCUT2D eigenvalue weighted by atomic mass is 16.5. The summed E-state index contributed by atoms with van der Waals surface area (Å²) >= 11 is 0. The van der Waals surface area contributed by atoms with Crippen molar-refractivity contribution in [1.82, 2.24) is 5.32 Å². The van der Waals surface area contributed by atoms with Gasteiger partial charge in [-0.3, -0.25) is 0 Å². The predicted octanol–water partition coefficient (Wildman–Crippen LogP) is 4.17. The Labute approximate surface area is 139 Å². The maximum absolute atomic E-state index is 9.22. The zero-order chi connectivity index (χ0) is 17.2. The van der Waals surface area contributed by atoms with Crippen LogP contribution in [0.25, 0.3) is 0 Å². The molecule has 1 aromatic carbocycles. The fourth-order valence-electron chi connectivity index (χ4n) is 1.99. The second kappa shape index (κ2) is 9.70. The fourth-order valence-corrected chi connectivity index (χ4v) is 1.99. The van der Waals surface area contributed by atoms with Crippen LogP contribution in [0.1, 0.15) is 38.8 Å². The molecule has 0 atom stereocenters. The molecule has 0 unspecified atom stereocenters. The van der Waals surface area contributed by atoms with Crippen LogP contribution in [0.4, 0.5) is 5.69 Å². The minimum Gasteiger partial charge on any atom is -0.392 e. The number of benzene rings is 1. The first kappa shape index (κ1) is 18.8. The average Bonchev–Trinajstić information content (AvgIpc) is 2.53. The summed E-state index contributed by atoms with van der Waals surface area (Å²) in [5.74, 6) is 0.496. The van der Waals surface area contributed by atoms with Gasteiger partial charge in [0, 0.05) is 30.7 Å². The van der Waals surface area contributed by atoms with Gasteiger partial charge in [0.25, 0.3) is 0 Å². The van der Waals surface area contributed by atoms with Crippen LogP contribution in [-0.2, 0) is 11.3 Å². The van der Waals surface area contributed by atoms with Crippen molar-refractivity contribution in [2.75, 3.05) is 19.0 Å². The summed E-state index contributed by atoms with van der Waals surface area (Å²) in [6.45, 7) is 9.44. The van der Waals surface area contributed by atoms with Crippen molar-refractivity contribution in [2.24, 2.45) is 5.92 Å². The monoisotopic (exact) mass is 313 g/mol. The van der Waals surface area contributed by atoms with Crippen LogP contribution >= 0.6 is 0 Å². The van der Waals surface area contributed by atoms with Crippen molar-refractivity contribution in [1.29, 1.82) is 5.26 Å². The predicted molar refractivity (Wildman–Crippen MR) is 95.8 cm³/mol. The lowest BCUT2D eigenvalue weighted by atomic mass is 10.1. The van der Waals surface area contributed by atoms with E-state index in [1.165, 1.54) is 0 Å². The van der Waals surface area contributed by atoms with Gasteiger partial charge in [-0.1, -0.05) is 19.9 Å². The Bertz CT molecular complexity index is 610. The highest BCUT2D eigenvalue weighted by Gasteiger charge is 2.04. The van der Waals surface area contributed by atoms with Gasteiger partial charge in [0.2, 0.25) is 0 Å². The Balaban J connectivity index is 2.91. The Hall–Kier alpha value is -2.25. The van der Waals surface area contributed by atoms with Crippen LogP contribution in [0.5, 0.6) is 0 Å². The molecule has 0 bridgehead atoms. The van der Waals surface area contributed by atoms with Crippen molar-refractivity contribution >= 4 is 5.69 Å². The van der Waals surface area contributed by atoms with E-state index in [-0.39, 0.29) is 0 Å². The second-order valence-corrected chi connectivity index (χ2v) is 5.89. The van der Waals surface area contributed by atoms with Gasteiger partial charge < -0.3 is 15.4 Å². The van der Waals surface area contributed by atoms with Crippen LogP contribution in [0.3, 0.4) is 0 Å². The van der Waals surface area contributed by atoms with Crippen LogP contribution in [0.15, 0.2) is 41.7 Å². The average molecular weight is 313 g/mol. The summed E-state index contributed by atoms with van der Waals surface area (Å²) in [6.07, 6.45) is 4.02. The number of nitrogens with one attached hydrogen (secondary N) is 2. The number of nitrogens with zero attached hydrogens (tertiary/aromatic N) is 1. The van der Waals surface area contributed by atoms with E-state index in [1.807, 2.05) is 51.2 Å². The smallest absolute Gasteiger partial charge is 0.0992 e. The largest absolute Gasteiger partial charge is 0.392 e. The van der Waals surface area contributed by atoms with Gasteiger partial charge in [0.15, 0.2) is 0 Å². The zero-order valence-corrected chi connectivity index (χ0v) is 14.7. The van der Waals surface area contributed by atoms with Crippen LogP contribution < -0.4 is 10.6 Å². The number of rotatable bonds is 8. The quantitative estimate of drug-likeness (QED) is 0.707. The molecule has 4 heteroatoms. The number of allylic oxidation sites excluding steroid dienone is 3. The molecule has 0 aliphatic rings. The number of nitriles is 1. The van der Waals surface area contributed by atoms with E-state index in [0.29, 0.717) is 24.7 Å². The van der Waals surface area contributed by atoms with Gasteiger partial charge in [-0.25, -0.2) is 0 Å². The van der Waals surface area contributed by atoms with Crippen molar-refractivity contribution < 1.29 is 4.74 Å². The molecule has 1 aromatic rings. The minimum absolute atomic E-state index is 0.496. The minimum atomic E-state index is 0.496. The van der Waals surface area contributed by atoms with Gasteiger partial charge in [0.1, 0.15) is 0 Å². The lowest BCUT2D eigenvalue weighted by molar-refractivity contribution is 0.0971. The molecule has 0 heterocycles. The third kappa shape index (κ3) is 7.03. The third-order valence-corrected chi connectivity index (χ3v) is 3.21. The van der Waals surface area contributed by atoms with E-state index in [2.05, 4.69) is 30.6 Å². The van der Waals surface area contributed by atoms with Gasteiger partial charge in [-0.15, -0.1) is 0 Å². The maximum atomic E-state index is 9.22. The summed E-state index contributed by atoms with van der Waals surface area (Å²) in [6, 6.07) is 7.94. The number of hydrogen-bond acceptors (Lipinski definition) is 4. The Morgan fingerprint density at radius 3 is 2.65 bits per heavy atom. The van der Waals surface area contributed by atoms with Gasteiger partial charge in [-0.05, 0) is 49.6 Å². The number of anilines is 1. The first-order chi connectivity index (χ1) is 11.0. The van der Waals surface area contributed by atoms with Gasteiger partial charge >= 0.3 is 0 Å². The molecular weight excluding hydrogens is 286 g/mol. The van der Waals surface area contributed by atoms with Gasteiger partial charge in [-0.2, -0.15) is 5.26 Å². The summed E-state index contributed by atoms with van der Waals surface area (Å²) in [5, 5.41) is 15.7. The fraction of sp³-hybridized carbons (Fsp3) is 0.421. The highest BCUT2D eigenvalue weighted by Crippen LogP contribution is 2.18. The molecule has 0 radical (unpaired) electrons. The molecule has 0 saturated carbocycles. The van der Waals surface area contributed by atoms with E-state index in [1.54, 1.807) is 0 Å². The standard InChI is InChI=1S/C19H27N3O/c1-6-18(7-15(4)21-5)22-19-9-16(11-20)8-17(10-19)13-23-12-14(2)3/h6-10,14,21-22H,12-13H2,1-5H3/b15-7+,18-6+. The molecule has 23 heavy (non-hydrogen) atoms. The number of hydrogen-bond donors (Lipinski definition) is 2. The second-order valence-electron chi connectivity index (χ2n) is 5.89. The van der Waals surface area contributed by atoms with E-state index in [4.69, 9.17) is 4.74 Å². The Morgan fingerprint density at radius 2 is 2.09 bits per heavy atom. The van der Waals surface area contributed by atoms with E-state index in [9.17, 15) is 5.26 Å². The molecule has 2 N–H and O–H groups in total. The van der Waals surface area contributed by atoms with Crippen molar-refractivity contribution in [3.63, 3.8) is 0 Å². The highest BCUT2D eigenvalue weighted by molar-refractivity contribution is 5.56. The molecule has 0 aromatic heterocycles. The topological polar surface area (TPSA) is 57.1 Å². The lowest BCUT2D eigenvalue weighted by Crippen LogP contribution is -2.06. The molecular formula is C19H27N3O. The molecule has 0 aliphatic heterocycles. The molecule has 0 fully saturated rings.